The number of carbonyl (C=O) groups excluding carboxylic acids is 1. The highest BCUT2D eigenvalue weighted by Crippen LogP contribution is 2.21. The molecule has 1 atom stereocenters. The molecule has 1 aromatic carbocycles. The van der Waals surface area contributed by atoms with Crippen molar-refractivity contribution in [1.29, 1.82) is 0 Å². The van der Waals surface area contributed by atoms with E-state index in [1.807, 2.05) is 0 Å². The van der Waals surface area contributed by atoms with Crippen LogP contribution in [-0.4, -0.2) is 45.9 Å². The first kappa shape index (κ1) is 18.8. The number of hydrogen-bond donors (Lipinski definition) is 2. The fraction of sp³-hybridized carbons (Fsp3) is 0.417. The largest absolute Gasteiger partial charge is 0.378 e. The van der Waals surface area contributed by atoms with Crippen molar-refractivity contribution in [2.45, 2.75) is 16.7 Å². The van der Waals surface area contributed by atoms with Crippen LogP contribution in [0, 0.1) is 0 Å². The van der Waals surface area contributed by atoms with Gasteiger partial charge < -0.3 is 15.4 Å². The Morgan fingerprint density at radius 1 is 1.41 bits per heavy atom. The van der Waals surface area contributed by atoms with Gasteiger partial charge in [0.05, 0.1) is 18.1 Å². The molecule has 2 N–H and O–H groups in total. The summed E-state index contributed by atoms with van der Waals surface area (Å²) in [5, 5.41) is 5.40. The van der Waals surface area contributed by atoms with Gasteiger partial charge in [-0.05, 0) is 18.2 Å². The zero-order chi connectivity index (χ0) is 15.5. The van der Waals surface area contributed by atoms with Gasteiger partial charge in [-0.15, -0.1) is 12.4 Å². The summed E-state index contributed by atoms with van der Waals surface area (Å²) in [7, 11) is -4.69. The number of alkyl halides is 2. The Bertz CT molecular complexity index is 621. The van der Waals surface area contributed by atoms with Crippen LogP contribution in [0.5, 0.6) is 0 Å². The first-order valence-corrected chi connectivity index (χ1v) is 7.70. The molecule has 1 fully saturated rings. The van der Waals surface area contributed by atoms with Crippen molar-refractivity contribution in [3.05, 3.63) is 24.3 Å². The molecule has 124 valence electrons. The standard InChI is InChI=1S/C12H14F2N2O4S.ClH/c13-12(14)21(18,19)9-3-1-2-8(6-9)16-11(17)10-7-20-5-4-15-10;/h1-3,6,10,12,15H,4-5,7H2,(H,16,17);1H. The van der Waals surface area contributed by atoms with Crippen LogP contribution in [0.3, 0.4) is 0 Å². The lowest BCUT2D eigenvalue weighted by Crippen LogP contribution is -2.48. The zero-order valence-corrected chi connectivity index (χ0v) is 12.9. The van der Waals surface area contributed by atoms with Gasteiger partial charge in [-0.3, -0.25) is 4.79 Å². The quantitative estimate of drug-likeness (QED) is 0.841. The van der Waals surface area contributed by atoms with Crippen LogP contribution in [0.25, 0.3) is 0 Å². The monoisotopic (exact) mass is 356 g/mol. The molecule has 1 heterocycles. The van der Waals surface area contributed by atoms with E-state index in [-0.39, 0.29) is 24.7 Å². The third kappa shape index (κ3) is 4.35. The van der Waals surface area contributed by atoms with Crippen LogP contribution in [0.2, 0.25) is 0 Å². The van der Waals surface area contributed by atoms with Gasteiger partial charge in [-0.2, -0.15) is 8.78 Å². The predicted octanol–water partition coefficient (Wildman–Crippen LogP) is 1.03. The van der Waals surface area contributed by atoms with E-state index in [0.717, 1.165) is 12.1 Å². The Labute approximate surface area is 132 Å². The van der Waals surface area contributed by atoms with Crippen LogP contribution in [0.4, 0.5) is 14.5 Å². The number of morpholine rings is 1. The van der Waals surface area contributed by atoms with Gasteiger partial charge in [0, 0.05) is 12.2 Å². The van der Waals surface area contributed by atoms with E-state index < -0.39 is 32.4 Å². The number of amides is 1. The maximum Gasteiger partial charge on any atom is 0.341 e. The number of sulfone groups is 1. The minimum Gasteiger partial charge on any atom is -0.378 e. The van der Waals surface area contributed by atoms with Gasteiger partial charge in [0.1, 0.15) is 6.04 Å². The van der Waals surface area contributed by atoms with E-state index in [0.29, 0.717) is 13.2 Å². The molecule has 1 amide bonds. The summed E-state index contributed by atoms with van der Waals surface area (Å²) in [5.74, 6) is -3.92. The Kier molecular flexibility index (Phi) is 6.66. The molecule has 0 aliphatic carbocycles. The fourth-order valence-corrected chi connectivity index (χ4v) is 2.58. The molecule has 0 saturated carbocycles. The molecule has 1 aromatic rings. The van der Waals surface area contributed by atoms with Crippen molar-refractivity contribution in [1.82, 2.24) is 5.32 Å². The number of rotatable bonds is 4. The zero-order valence-electron chi connectivity index (χ0n) is 11.3. The molecule has 1 unspecified atom stereocenters. The average Bonchev–Trinajstić information content (AvgIpc) is 2.48. The molecule has 1 aliphatic rings. The summed E-state index contributed by atoms with van der Waals surface area (Å²) in [4.78, 5) is 11.4. The molecule has 22 heavy (non-hydrogen) atoms. The summed E-state index contributed by atoms with van der Waals surface area (Å²) in [6, 6.07) is 4.21. The predicted molar refractivity (Wildman–Crippen MR) is 78.1 cm³/mol. The second kappa shape index (κ2) is 7.82. The lowest BCUT2D eigenvalue weighted by molar-refractivity contribution is -0.120. The van der Waals surface area contributed by atoms with E-state index in [1.54, 1.807) is 0 Å². The fourth-order valence-electron chi connectivity index (χ4n) is 1.82. The summed E-state index contributed by atoms with van der Waals surface area (Å²) in [5.41, 5.74) is 0.133. The molecular formula is C12H15ClF2N2O4S. The third-order valence-corrected chi connectivity index (χ3v) is 4.28. The average molecular weight is 357 g/mol. The second-order valence-corrected chi connectivity index (χ2v) is 6.32. The Balaban J connectivity index is 0.00000242. The Morgan fingerprint density at radius 3 is 2.73 bits per heavy atom. The van der Waals surface area contributed by atoms with E-state index in [9.17, 15) is 22.0 Å². The maximum absolute atomic E-state index is 12.5. The minimum atomic E-state index is -4.69. The molecule has 0 aromatic heterocycles. The lowest BCUT2D eigenvalue weighted by atomic mass is 10.2. The van der Waals surface area contributed by atoms with Crippen molar-refractivity contribution < 1.29 is 26.7 Å². The molecule has 10 heteroatoms. The molecule has 1 saturated heterocycles. The van der Waals surface area contributed by atoms with E-state index in [2.05, 4.69) is 10.6 Å². The summed E-state index contributed by atoms with van der Waals surface area (Å²) in [6.45, 7) is 1.23. The van der Waals surface area contributed by atoms with E-state index in [1.165, 1.54) is 12.1 Å². The lowest BCUT2D eigenvalue weighted by Gasteiger charge is -2.22. The normalized spacial score (nSPS) is 18.6. The number of benzene rings is 1. The van der Waals surface area contributed by atoms with Gasteiger partial charge in [-0.1, -0.05) is 6.07 Å². The highest BCUT2D eigenvalue weighted by atomic mass is 35.5. The van der Waals surface area contributed by atoms with Crippen molar-refractivity contribution in [2.75, 3.05) is 25.1 Å². The minimum absolute atomic E-state index is 0. The number of nitrogens with one attached hydrogen (secondary N) is 2. The van der Waals surface area contributed by atoms with E-state index in [4.69, 9.17) is 4.74 Å². The van der Waals surface area contributed by atoms with Gasteiger partial charge in [0.15, 0.2) is 0 Å². The number of ether oxygens (including phenoxy) is 1. The van der Waals surface area contributed by atoms with Crippen molar-refractivity contribution >= 4 is 33.8 Å². The summed E-state index contributed by atoms with van der Waals surface area (Å²) < 4.78 is 52.8. The summed E-state index contributed by atoms with van der Waals surface area (Å²) >= 11 is 0. The molecule has 1 aliphatic heterocycles. The van der Waals surface area contributed by atoms with Gasteiger partial charge in [-0.25, -0.2) is 8.42 Å². The maximum atomic E-state index is 12.5. The first-order valence-electron chi connectivity index (χ1n) is 6.15. The SMILES string of the molecule is Cl.O=C(Nc1cccc(S(=O)(=O)C(F)F)c1)C1COCCN1. The number of anilines is 1. The van der Waals surface area contributed by atoms with Crippen molar-refractivity contribution in [3.63, 3.8) is 0 Å². The van der Waals surface area contributed by atoms with Gasteiger partial charge in [0.25, 0.3) is 0 Å². The van der Waals surface area contributed by atoms with Crippen LogP contribution in [0.1, 0.15) is 0 Å². The molecule has 0 bridgehead atoms. The Morgan fingerprint density at radius 2 is 2.14 bits per heavy atom. The second-order valence-electron chi connectivity index (χ2n) is 4.40. The van der Waals surface area contributed by atoms with Gasteiger partial charge >= 0.3 is 5.76 Å². The van der Waals surface area contributed by atoms with Crippen LogP contribution >= 0.6 is 12.4 Å². The molecule has 0 radical (unpaired) electrons. The molecule has 2 rings (SSSR count). The Hall–Kier alpha value is -1.29. The highest BCUT2D eigenvalue weighted by molar-refractivity contribution is 7.91. The molecular weight excluding hydrogens is 342 g/mol. The topological polar surface area (TPSA) is 84.5 Å². The van der Waals surface area contributed by atoms with Crippen LogP contribution in [-0.2, 0) is 19.4 Å². The summed E-state index contributed by atoms with van der Waals surface area (Å²) in [6.07, 6.45) is 0. The van der Waals surface area contributed by atoms with Gasteiger partial charge in [0.2, 0.25) is 15.7 Å². The molecule has 0 spiro atoms. The van der Waals surface area contributed by atoms with E-state index >= 15 is 0 Å². The number of hydrogen-bond acceptors (Lipinski definition) is 5. The molecule has 6 nitrogen and oxygen atoms in total. The smallest absolute Gasteiger partial charge is 0.341 e. The van der Waals surface area contributed by atoms with Crippen LogP contribution < -0.4 is 10.6 Å². The van der Waals surface area contributed by atoms with Crippen molar-refractivity contribution in [2.24, 2.45) is 0 Å². The highest BCUT2D eigenvalue weighted by Gasteiger charge is 2.27. The number of carbonyl (C=O) groups is 1. The third-order valence-electron chi connectivity index (χ3n) is 2.90. The van der Waals surface area contributed by atoms with Crippen molar-refractivity contribution in [3.8, 4) is 0 Å². The van der Waals surface area contributed by atoms with Crippen LogP contribution in [0.15, 0.2) is 29.2 Å². The first-order chi connectivity index (χ1) is 9.91. The number of halogens is 3.